The molecular weight excluding hydrogens is 402 g/mol. The van der Waals surface area contributed by atoms with Gasteiger partial charge in [0.05, 0.1) is 10.7 Å². The first-order chi connectivity index (χ1) is 14.2. The van der Waals surface area contributed by atoms with Crippen molar-refractivity contribution in [1.82, 2.24) is 20.5 Å². The van der Waals surface area contributed by atoms with Crippen molar-refractivity contribution < 1.29 is 0 Å². The van der Waals surface area contributed by atoms with E-state index in [9.17, 15) is 0 Å². The minimum Gasteiger partial charge on any atom is -0.356 e. The number of aliphatic imine (C=N–C) groups is 1. The Morgan fingerprint density at radius 3 is 2.66 bits per heavy atom. The van der Waals surface area contributed by atoms with Gasteiger partial charge in [-0.15, -0.1) is 11.3 Å². The molecule has 1 aromatic heterocycles. The van der Waals surface area contributed by atoms with E-state index in [-0.39, 0.29) is 0 Å². The number of likely N-dealkylation sites (tertiary alicyclic amines) is 1. The third-order valence-electron chi connectivity index (χ3n) is 5.40. The Kier molecular flexibility index (Phi) is 8.77. The number of hydrogen-bond donors (Lipinski definition) is 2. The Morgan fingerprint density at radius 2 is 2.00 bits per heavy atom. The molecule has 1 aliphatic heterocycles. The molecule has 7 heteroatoms. The number of piperidine rings is 1. The standard InChI is InChI=1S/C22H32ClN5S/c1-3-21-27-20(16-29-21)15-28-12-9-18(10-13-28)14-26-22(24-2)25-11-8-17-4-6-19(23)7-5-17/h4-7,16,18H,3,8-15H2,1-2H3,(H2,24,25,26). The molecular formula is C22H32ClN5S. The fourth-order valence-electron chi connectivity index (χ4n) is 3.60. The lowest BCUT2D eigenvalue weighted by Crippen LogP contribution is -2.43. The third kappa shape index (κ3) is 7.28. The van der Waals surface area contributed by atoms with Crippen molar-refractivity contribution in [2.75, 3.05) is 33.2 Å². The van der Waals surface area contributed by atoms with Gasteiger partial charge in [-0.05, 0) is 62.4 Å². The first-order valence-electron chi connectivity index (χ1n) is 10.5. The fourth-order valence-corrected chi connectivity index (χ4v) is 4.46. The van der Waals surface area contributed by atoms with Gasteiger partial charge in [-0.2, -0.15) is 0 Å². The van der Waals surface area contributed by atoms with Crippen LogP contribution in [0.3, 0.4) is 0 Å². The highest BCUT2D eigenvalue weighted by Crippen LogP contribution is 2.19. The number of guanidine groups is 1. The number of aryl methyl sites for hydroxylation is 1. The number of rotatable bonds is 8. The minimum absolute atomic E-state index is 0.697. The molecule has 0 amide bonds. The summed E-state index contributed by atoms with van der Waals surface area (Å²) >= 11 is 7.72. The van der Waals surface area contributed by atoms with E-state index in [1.807, 2.05) is 19.2 Å². The number of nitrogens with one attached hydrogen (secondary N) is 2. The van der Waals surface area contributed by atoms with E-state index in [1.54, 1.807) is 11.3 Å². The van der Waals surface area contributed by atoms with Gasteiger partial charge in [-0.25, -0.2) is 4.98 Å². The summed E-state index contributed by atoms with van der Waals surface area (Å²) in [5, 5.41) is 11.1. The Bertz CT molecular complexity index is 766. The van der Waals surface area contributed by atoms with Crippen molar-refractivity contribution >= 4 is 28.9 Å². The van der Waals surface area contributed by atoms with Gasteiger partial charge < -0.3 is 10.6 Å². The number of benzene rings is 1. The predicted molar refractivity (Wildman–Crippen MR) is 124 cm³/mol. The van der Waals surface area contributed by atoms with Crippen LogP contribution in [-0.2, 0) is 19.4 Å². The molecule has 158 valence electrons. The molecule has 0 spiro atoms. The van der Waals surface area contributed by atoms with Crippen molar-refractivity contribution in [3.05, 3.63) is 50.9 Å². The minimum atomic E-state index is 0.697. The van der Waals surface area contributed by atoms with Crippen molar-refractivity contribution in [2.24, 2.45) is 10.9 Å². The maximum absolute atomic E-state index is 5.94. The van der Waals surface area contributed by atoms with Crippen molar-refractivity contribution in [2.45, 2.75) is 39.2 Å². The van der Waals surface area contributed by atoms with Crippen LogP contribution < -0.4 is 10.6 Å². The predicted octanol–water partition coefficient (Wildman–Crippen LogP) is 3.98. The Morgan fingerprint density at radius 1 is 1.24 bits per heavy atom. The number of aromatic nitrogens is 1. The molecule has 1 aromatic carbocycles. The van der Waals surface area contributed by atoms with E-state index in [0.29, 0.717) is 5.92 Å². The van der Waals surface area contributed by atoms with Crippen LogP contribution in [0.1, 0.15) is 36.0 Å². The van der Waals surface area contributed by atoms with E-state index in [2.05, 4.69) is 45.0 Å². The average Bonchev–Trinajstić information content (AvgIpc) is 3.20. The van der Waals surface area contributed by atoms with Crippen molar-refractivity contribution in [3.63, 3.8) is 0 Å². The molecule has 2 aromatic rings. The molecule has 1 fully saturated rings. The van der Waals surface area contributed by atoms with Gasteiger partial charge >= 0.3 is 0 Å². The van der Waals surface area contributed by atoms with Crippen LogP contribution in [0.25, 0.3) is 0 Å². The zero-order chi connectivity index (χ0) is 20.5. The molecule has 0 atom stereocenters. The Hall–Kier alpha value is -1.63. The van der Waals surface area contributed by atoms with Gasteiger partial charge in [0.1, 0.15) is 0 Å². The van der Waals surface area contributed by atoms with E-state index in [0.717, 1.165) is 56.5 Å². The maximum Gasteiger partial charge on any atom is 0.190 e. The Labute approximate surface area is 183 Å². The van der Waals surface area contributed by atoms with E-state index >= 15 is 0 Å². The van der Waals surface area contributed by atoms with Crippen LogP contribution in [0, 0.1) is 5.92 Å². The molecule has 5 nitrogen and oxygen atoms in total. The average molecular weight is 434 g/mol. The van der Waals surface area contributed by atoms with Crippen LogP contribution in [0.4, 0.5) is 0 Å². The quantitative estimate of drug-likeness (QED) is 0.488. The van der Waals surface area contributed by atoms with Gasteiger partial charge in [0.25, 0.3) is 0 Å². The normalized spacial score (nSPS) is 16.2. The van der Waals surface area contributed by atoms with Crippen LogP contribution in [-0.4, -0.2) is 49.1 Å². The van der Waals surface area contributed by atoms with Crippen LogP contribution in [0.5, 0.6) is 0 Å². The smallest absolute Gasteiger partial charge is 0.190 e. The molecule has 3 rings (SSSR count). The lowest BCUT2D eigenvalue weighted by atomic mass is 9.97. The molecule has 29 heavy (non-hydrogen) atoms. The molecule has 2 N–H and O–H groups in total. The highest BCUT2D eigenvalue weighted by Gasteiger charge is 2.20. The van der Waals surface area contributed by atoms with Crippen LogP contribution in [0.2, 0.25) is 5.02 Å². The summed E-state index contributed by atoms with van der Waals surface area (Å²) in [6.07, 6.45) is 4.43. The van der Waals surface area contributed by atoms with Gasteiger partial charge in [-0.1, -0.05) is 30.7 Å². The lowest BCUT2D eigenvalue weighted by molar-refractivity contribution is 0.176. The molecule has 0 saturated carbocycles. The topological polar surface area (TPSA) is 52.6 Å². The molecule has 0 aliphatic carbocycles. The summed E-state index contributed by atoms with van der Waals surface area (Å²) < 4.78 is 0. The second-order valence-electron chi connectivity index (χ2n) is 7.56. The summed E-state index contributed by atoms with van der Waals surface area (Å²) in [4.78, 5) is 11.6. The highest BCUT2D eigenvalue weighted by molar-refractivity contribution is 7.09. The summed E-state index contributed by atoms with van der Waals surface area (Å²) in [7, 11) is 1.83. The van der Waals surface area contributed by atoms with E-state index < -0.39 is 0 Å². The van der Waals surface area contributed by atoms with E-state index in [1.165, 1.54) is 29.1 Å². The van der Waals surface area contributed by atoms with Gasteiger partial charge in [0.2, 0.25) is 0 Å². The first-order valence-corrected chi connectivity index (χ1v) is 11.8. The zero-order valence-corrected chi connectivity index (χ0v) is 19.0. The number of thiazole rings is 1. The zero-order valence-electron chi connectivity index (χ0n) is 17.5. The molecule has 1 aliphatic rings. The molecule has 0 unspecified atom stereocenters. The summed E-state index contributed by atoms with van der Waals surface area (Å²) in [6, 6.07) is 8.02. The SMILES string of the molecule is CCc1nc(CN2CCC(CNC(=NC)NCCc3ccc(Cl)cc3)CC2)cs1. The fraction of sp³-hybridized carbons (Fsp3) is 0.545. The van der Waals surface area contributed by atoms with Crippen LogP contribution in [0.15, 0.2) is 34.6 Å². The van der Waals surface area contributed by atoms with Crippen molar-refractivity contribution in [1.29, 1.82) is 0 Å². The summed E-state index contributed by atoms with van der Waals surface area (Å²) in [6.45, 7) is 7.28. The maximum atomic E-state index is 5.94. The largest absolute Gasteiger partial charge is 0.356 e. The molecule has 1 saturated heterocycles. The second-order valence-corrected chi connectivity index (χ2v) is 8.94. The molecule has 0 bridgehead atoms. The number of nitrogens with zero attached hydrogens (tertiary/aromatic N) is 3. The molecule has 0 radical (unpaired) electrons. The third-order valence-corrected chi connectivity index (χ3v) is 6.69. The Balaban J connectivity index is 1.32. The van der Waals surface area contributed by atoms with E-state index in [4.69, 9.17) is 16.6 Å². The number of halogens is 1. The lowest BCUT2D eigenvalue weighted by Gasteiger charge is -2.31. The second kappa shape index (κ2) is 11.5. The molecule has 2 heterocycles. The summed E-state index contributed by atoms with van der Waals surface area (Å²) in [5.74, 6) is 1.58. The van der Waals surface area contributed by atoms with Gasteiger partial charge in [0.15, 0.2) is 5.96 Å². The summed E-state index contributed by atoms with van der Waals surface area (Å²) in [5.41, 5.74) is 2.50. The van der Waals surface area contributed by atoms with Crippen LogP contribution >= 0.6 is 22.9 Å². The highest BCUT2D eigenvalue weighted by atomic mass is 35.5. The number of hydrogen-bond acceptors (Lipinski definition) is 4. The van der Waals surface area contributed by atoms with Crippen molar-refractivity contribution in [3.8, 4) is 0 Å². The first kappa shape index (κ1) is 22.1. The van der Waals surface area contributed by atoms with Gasteiger partial charge in [-0.3, -0.25) is 9.89 Å². The van der Waals surface area contributed by atoms with Gasteiger partial charge in [0, 0.05) is 37.1 Å². The monoisotopic (exact) mass is 433 g/mol.